The number of rotatable bonds is 0. The van der Waals surface area contributed by atoms with Gasteiger partial charge in [-0.15, -0.1) is 0 Å². The van der Waals surface area contributed by atoms with E-state index >= 15 is 0 Å². The molecule has 6 fully saturated rings. The molecule has 6 rings (SSSR count). The van der Waals surface area contributed by atoms with Crippen LogP contribution in [-0.4, -0.2) is 49.6 Å². The van der Waals surface area contributed by atoms with Crippen molar-refractivity contribution in [2.24, 2.45) is 0 Å². The fourth-order valence-corrected chi connectivity index (χ4v) is 6.14. The molecule has 6 aliphatic rings. The van der Waals surface area contributed by atoms with Gasteiger partial charge in [0.25, 0.3) is 0 Å². The number of hydrogen-bond donors (Lipinski definition) is 2. The molecule has 6 aliphatic heterocycles. The Morgan fingerprint density at radius 1 is 0.417 bits per heavy atom. The molecule has 0 saturated carbocycles. The molecule has 6 atom stereocenters. The summed E-state index contributed by atoms with van der Waals surface area (Å²) in [5.74, 6) is 0. The number of nitrogens with one attached hydrogen (secondary N) is 2. The monoisotopic (exact) mass is 511 g/mol. The van der Waals surface area contributed by atoms with Crippen molar-refractivity contribution >= 4 is 0 Å². The van der Waals surface area contributed by atoms with Gasteiger partial charge in [-0.1, -0.05) is 91.9 Å². The quantitative estimate of drug-likeness (QED) is 0.342. The molecule has 0 aromatic heterocycles. The van der Waals surface area contributed by atoms with Crippen molar-refractivity contribution in [3.05, 3.63) is 0 Å². The first-order valence-corrected chi connectivity index (χ1v) is 16.5. The molecule has 4 nitrogen and oxygen atoms in total. The second kappa shape index (κ2) is 22.8. The summed E-state index contributed by atoms with van der Waals surface area (Å²) >= 11 is 0. The summed E-state index contributed by atoms with van der Waals surface area (Å²) in [6.07, 6.45) is 24.8. The molecule has 0 aromatic carbocycles. The molecular formula is C32H66N2O2. The van der Waals surface area contributed by atoms with Crippen LogP contribution in [0.15, 0.2) is 0 Å². The Balaban J connectivity index is 0.00000154. The third-order valence-electron chi connectivity index (χ3n) is 8.27. The first-order chi connectivity index (χ1) is 17.7. The van der Waals surface area contributed by atoms with Crippen LogP contribution < -0.4 is 10.6 Å². The van der Waals surface area contributed by atoms with E-state index in [1.165, 1.54) is 116 Å². The van der Waals surface area contributed by atoms with Crippen molar-refractivity contribution in [1.82, 2.24) is 10.6 Å². The lowest BCUT2D eigenvalue weighted by molar-refractivity contribution is 0.000650. The van der Waals surface area contributed by atoms with Crippen molar-refractivity contribution in [2.75, 3.05) is 13.2 Å². The van der Waals surface area contributed by atoms with E-state index in [4.69, 9.17) is 9.47 Å². The van der Waals surface area contributed by atoms with Crippen LogP contribution in [0.2, 0.25) is 0 Å². The summed E-state index contributed by atoms with van der Waals surface area (Å²) in [6, 6.07) is 2.45. The minimum Gasteiger partial charge on any atom is -0.377 e. The van der Waals surface area contributed by atoms with Gasteiger partial charge < -0.3 is 20.1 Å². The Morgan fingerprint density at radius 3 is 1.11 bits per heavy atom. The van der Waals surface area contributed by atoms with Gasteiger partial charge in [-0.3, -0.25) is 0 Å². The molecule has 0 spiro atoms. The van der Waals surface area contributed by atoms with Gasteiger partial charge in [-0.05, 0) is 65.2 Å². The van der Waals surface area contributed by atoms with Gasteiger partial charge in [0.05, 0.1) is 12.2 Å². The Bertz CT molecular complexity index is 433. The molecule has 6 heterocycles. The summed E-state index contributed by atoms with van der Waals surface area (Å²) in [6.45, 7) is 14.6. The summed E-state index contributed by atoms with van der Waals surface area (Å²) in [5.41, 5.74) is 0. The Morgan fingerprint density at radius 2 is 0.750 bits per heavy atom. The second-order valence-corrected chi connectivity index (χ2v) is 11.1. The van der Waals surface area contributed by atoms with Gasteiger partial charge in [-0.25, -0.2) is 0 Å². The molecule has 4 heteroatoms. The molecule has 6 saturated heterocycles. The highest BCUT2D eigenvalue weighted by atomic mass is 16.5. The molecule has 2 N–H and O–H groups in total. The Labute approximate surface area is 226 Å². The molecule has 3 unspecified atom stereocenters. The standard InChI is InChI=1S/C28H54N2O2.2C2H6/c1-23-27-19-17-25(29-23)15-11-7-3-6-10-14-22-32-28-20-18-26(30-24(28)2)16-12-8-4-5-9-13-21-31-27;2*1-2/h23-30H,3-22H2,1-2H3;2*1-2H3/t23?,24?,25-,26-,27+,28?;;/m1../s1. The lowest BCUT2D eigenvalue weighted by Crippen LogP contribution is -2.49. The molecule has 216 valence electrons. The normalized spacial score (nSPS) is 34.5. The van der Waals surface area contributed by atoms with Gasteiger partial charge in [0.2, 0.25) is 0 Å². The first-order valence-electron chi connectivity index (χ1n) is 16.5. The van der Waals surface area contributed by atoms with E-state index < -0.39 is 0 Å². The summed E-state index contributed by atoms with van der Waals surface area (Å²) in [5, 5.41) is 7.70. The van der Waals surface area contributed by atoms with E-state index in [0.717, 1.165) is 13.2 Å². The lowest BCUT2D eigenvalue weighted by atomic mass is 9.93. The maximum atomic E-state index is 6.26. The van der Waals surface area contributed by atoms with Crippen LogP contribution in [0.25, 0.3) is 0 Å². The van der Waals surface area contributed by atoms with Gasteiger partial charge in [-0.2, -0.15) is 0 Å². The van der Waals surface area contributed by atoms with E-state index in [9.17, 15) is 0 Å². The lowest BCUT2D eigenvalue weighted by Gasteiger charge is -2.36. The first kappa shape index (κ1) is 33.9. The van der Waals surface area contributed by atoms with Crippen LogP contribution in [0.1, 0.15) is 157 Å². The largest absolute Gasteiger partial charge is 0.377 e. The van der Waals surface area contributed by atoms with Crippen LogP contribution in [-0.2, 0) is 9.47 Å². The van der Waals surface area contributed by atoms with Crippen molar-refractivity contribution in [3.8, 4) is 0 Å². The topological polar surface area (TPSA) is 42.5 Å². The SMILES string of the molecule is CC.CC.CC1N[C@@H]2CCCCCCCCO[C@H]3CC[C@@H](CCCCCCCCOC1CC2)NC3C. The Hall–Kier alpha value is -0.160. The van der Waals surface area contributed by atoms with Gasteiger partial charge >= 0.3 is 0 Å². The third kappa shape index (κ3) is 14.7. The second-order valence-electron chi connectivity index (χ2n) is 11.1. The van der Waals surface area contributed by atoms with Crippen molar-refractivity contribution in [3.63, 3.8) is 0 Å². The van der Waals surface area contributed by atoms with Gasteiger partial charge in [0, 0.05) is 37.4 Å². The van der Waals surface area contributed by atoms with Crippen LogP contribution >= 0.6 is 0 Å². The molecule has 0 amide bonds. The smallest absolute Gasteiger partial charge is 0.0725 e. The molecular weight excluding hydrogens is 444 g/mol. The van der Waals surface area contributed by atoms with Gasteiger partial charge in [0.15, 0.2) is 0 Å². The minimum absolute atomic E-state index is 0.428. The van der Waals surface area contributed by atoms with E-state index in [-0.39, 0.29) is 0 Å². The molecule has 0 radical (unpaired) electrons. The summed E-state index contributed by atoms with van der Waals surface area (Å²) in [4.78, 5) is 0. The zero-order valence-corrected chi connectivity index (χ0v) is 25.4. The van der Waals surface area contributed by atoms with Crippen molar-refractivity contribution in [2.45, 2.75) is 193 Å². The maximum Gasteiger partial charge on any atom is 0.0725 e. The van der Waals surface area contributed by atoms with Crippen molar-refractivity contribution < 1.29 is 9.47 Å². The summed E-state index contributed by atoms with van der Waals surface area (Å²) in [7, 11) is 0. The highest BCUT2D eigenvalue weighted by Gasteiger charge is 2.28. The van der Waals surface area contributed by atoms with E-state index in [1.54, 1.807) is 0 Å². The van der Waals surface area contributed by atoms with Crippen LogP contribution in [0, 0.1) is 0 Å². The Kier molecular flexibility index (Phi) is 21.4. The maximum absolute atomic E-state index is 6.26. The van der Waals surface area contributed by atoms with Crippen LogP contribution in [0.4, 0.5) is 0 Å². The average molecular weight is 511 g/mol. The molecule has 0 aromatic rings. The highest BCUT2D eigenvalue weighted by Crippen LogP contribution is 2.23. The number of hydrogen-bond acceptors (Lipinski definition) is 4. The number of piperidine rings is 2. The molecule has 0 aliphatic carbocycles. The summed E-state index contributed by atoms with van der Waals surface area (Å²) < 4.78 is 12.5. The molecule has 36 heavy (non-hydrogen) atoms. The predicted molar refractivity (Wildman–Crippen MR) is 158 cm³/mol. The highest BCUT2D eigenvalue weighted by molar-refractivity contribution is 4.86. The van der Waals surface area contributed by atoms with Crippen LogP contribution in [0.5, 0.6) is 0 Å². The zero-order valence-electron chi connectivity index (χ0n) is 25.4. The van der Waals surface area contributed by atoms with Gasteiger partial charge in [0.1, 0.15) is 0 Å². The predicted octanol–water partition coefficient (Wildman–Crippen LogP) is 8.57. The fraction of sp³-hybridized carbons (Fsp3) is 1.00. The zero-order chi connectivity index (χ0) is 26.4. The van der Waals surface area contributed by atoms with E-state index in [1.807, 2.05) is 27.7 Å². The fourth-order valence-electron chi connectivity index (χ4n) is 6.14. The van der Waals surface area contributed by atoms with E-state index in [2.05, 4.69) is 24.5 Å². The number of ether oxygens (including phenoxy) is 2. The van der Waals surface area contributed by atoms with Crippen LogP contribution in [0.3, 0.4) is 0 Å². The van der Waals surface area contributed by atoms with E-state index in [0.29, 0.717) is 36.4 Å². The average Bonchev–Trinajstić information content (AvgIpc) is 2.90. The third-order valence-corrected chi connectivity index (χ3v) is 8.27. The van der Waals surface area contributed by atoms with Crippen molar-refractivity contribution in [1.29, 1.82) is 0 Å². The molecule has 4 bridgehead atoms. The minimum atomic E-state index is 0.428.